The van der Waals surface area contributed by atoms with Gasteiger partial charge in [0.2, 0.25) is 0 Å². The maximum absolute atomic E-state index is 7.89. The number of aromatic amines is 1. The Morgan fingerprint density at radius 2 is 2.33 bits per heavy atom. The van der Waals surface area contributed by atoms with Gasteiger partial charge >= 0.3 is 0 Å². The summed E-state index contributed by atoms with van der Waals surface area (Å²) in [5.74, 6) is 2.02. The summed E-state index contributed by atoms with van der Waals surface area (Å²) in [4.78, 5) is 11.4. The second kappa shape index (κ2) is 3.56. The molecular weight excluding hydrogens is 190 g/mol. The molecule has 0 amide bonds. The Kier molecular flexibility index (Phi) is 2.38. The van der Waals surface area contributed by atoms with E-state index in [9.17, 15) is 0 Å². The Morgan fingerprint density at radius 3 is 3.00 bits per heavy atom. The van der Waals surface area contributed by atoms with Crippen molar-refractivity contribution in [3.05, 3.63) is 12.0 Å². The molecule has 2 N–H and O–H groups in total. The molecule has 0 aromatic carbocycles. The third-order valence-electron chi connectivity index (χ3n) is 2.51. The molecule has 82 valence electrons. The summed E-state index contributed by atoms with van der Waals surface area (Å²) in [5.41, 5.74) is 0.824. The molecule has 0 bridgehead atoms. The molecular formula is C10H17N5. The van der Waals surface area contributed by atoms with Gasteiger partial charge in [0, 0.05) is 13.6 Å². The number of hydrogen-bond donors (Lipinski definition) is 2. The first-order valence-electron chi connectivity index (χ1n) is 5.18. The molecule has 0 spiro atoms. The zero-order valence-electron chi connectivity index (χ0n) is 9.41. The van der Waals surface area contributed by atoms with Gasteiger partial charge in [-0.2, -0.15) is 0 Å². The van der Waals surface area contributed by atoms with Crippen molar-refractivity contribution >= 4 is 11.7 Å². The van der Waals surface area contributed by atoms with Crippen LogP contribution in [0.5, 0.6) is 0 Å². The van der Waals surface area contributed by atoms with Crippen LogP contribution in [0.25, 0.3) is 0 Å². The second-order valence-electron chi connectivity index (χ2n) is 4.41. The van der Waals surface area contributed by atoms with Crippen molar-refractivity contribution in [1.29, 1.82) is 5.41 Å². The molecule has 0 unspecified atom stereocenters. The van der Waals surface area contributed by atoms with Crippen molar-refractivity contribution in [3.63, 3.8) is 0 Å². The molecule has 1 aliphatic heterocycles. The highest BCUT2D eigenvalue weighted by molar-refractivity contribution is 6.00. The van der Waals surface area contributed by atoms with Gasteiger partial charge < -0.3 is 14.8 Å². The van der Waals surface area contributed by atoms with Crippen molar-refractivity contribution in [2.75, 3.05) is 25.2 Å². The number of rotatable bonds is 2. The van der Waals surface area contributed by atoms with Crippen LogP contribution in [0.1, 0.15) is 19.5 Å². The Labute approximate surface area is 89.6 Å². The smallest absolute Gasteiger partial charge is 0.159 e. The summed E-state index contributed by atoms with van der Waals surface area (Å²) in [7, 11) is 1.93. The van der Waals surface area contributed by atoms with Crippen molar-refractivity contribution in [1.82, 2.24) is 14.9 Å². The van der Waals surface area contributed by atoms with E-state index in [0.717, 1.165) is 24.7 Å². The molecule has 0 radical (unpaired) electrons. The Hall–Kier alpha value is -1.52. The van der Waals surface area contributed by atoms with Crippen LogP contribution in [0.3, 0.4) is 0 Å². The van der Waals surface area contributed by atoms with E-state index >= 15 is 0 Å². The second-order valence-corrected chi connectivity index (χ2v) is 4.41. The molecule has 15 heavy (non-hydrogen) atoms. The van der Waals surface area contributed by atoms with Crippen LogP contribution in [0, 0.1) is 11.3 Å². The predicted octanol–water partition coefficient (Wildman–Crippen LogP) is 1.10. The number of aromatic nitrogens is 2. The minimum atomic E-state index is 0.516. The van der Waals surface area contributed by atoms with Gasteiger partial charge in [0.05, 0.1) is 13.0 Å². The summed E-state index contributed by atoms with van der Waals surface area (Å²) in [6.45, 7) is 6.09. The van der Waals surface area contributed by atoms with E-state index in [0.29, 0.717) is 11.8 Å². The molecule has 1 aliphatic rings. The van der Waals surface area contributed by atoms with Crippen LogP contribution in [0.2, 0.25) is 0 Å². The van der Waals surface area contributed by atoms with Gasteiger partial charge in [-0.05, 0) is 5.92 Å². The maximum Gasteiger partial charge on any atom is 0.159 e. The summed E-state index contributed by atoms with van der Waals surface area (Å²) in [5, 5.41) is 7.89. The first kappa shape index (κ1) is 10.0. The lowest BCUT2D eigenvalue weighted by molar-refractivity contribution is 0.451. The maximum atomic E-state index is 7.89. The number of imidazole rings is 1. The van der Waals surface area contributed by atoms with Crippen molar-refractivity contribution in [3.8, 4) is 0 Å². The molecule has 2 heterocycles. The molecule has 2 rings (SSSR count). The van der Waals surface area contributed by atoms with Gasteiger partial charge in [-0.15, -0.1) is 0 Å². The van der Waals surface area contributed by atoms with Crippen molar-refractivity contribution in [2.24, 2.45) is 5.92 Å². The lowest BCUT2D eigenvalue weighted by Crippen LogP contribution is -2.46. The van der Waals surface area contributed by atoms with Gasteiger partial charge in [0.15, 0.2) is 5.82 Å². The van der Waals surface area contributed by atoms with Gasteiger partial charge in [-0.1, -0.05) is 13.8 Å². The Bertz CT molecular complexity index is 368. The molecule has 0 saturated heterocycles. The fraction of sp³-hybridized carbons (Fsp3) is 0.600. The number of nitrogens with zero attached hydrogens (tertiary/aromatic N) is 3. The summed E-state index contributed by atoms with van der Waals surface area (Å²) in [6, 6.07) is 0. The summed E-state index contributed by atoms with van der Waals surface area (Å²) >= 11 is 0. The molecule has 5 heteroatoms. The van der Waals surface area contributed by atoms with E-state index in [4.69, 9.17) is 5.41 Å². The number of anilines is 1. The van der Waals surface area contributed by atoms with Crippen LogP contribution >= 0.6 is 0 Å². The Balaban J connectivity index is 2.30. The minimum Gasteiger partial charge on any atom is -0.341 e. The minimum absolute atomic E-state index is 0.516. The number of hydrogen-bond acceptors (Lipinski definition) is 3. The van der Waals surface area contributed by atoms with E-state index in [1.54, 1.807) is 6.33 Å². The quantitative estimate of drug-likeness (QED) is 0.763. The zero-order valence-corrected chi connectivity index (χ0v) is 9.41. The van der Waals surface area contributed by atoms with E-state index < -0.39 is 0 Å². The highest BCUT2D eigenvalue weighted by atomic mass is 15.4. The fourth-order valence-corrected chi connectivity index (χ4v) is 1.87. The topological polar surface area (TPSA) is 59.0 Å². The average molecular weight is 207 g/mol. The van der Waals surface area contributed by atoms with Gasteiger partial charge in [0.25, 0.3) is 0 Å². The predicted molar refractivity (Wildman–Crippen MR) is 60.2 cm³/mol. The number of H-pyrrole nitrogens is 1. The lowest BCUT2D eigenvalue weighted by atomic mass is 10.2. The molecule has 0 aliphatic carbocycles. The molecule has 1 aromatic heterocycles. The normalized spacial score (nSPS) is 16.1. The SMILES string of the molecule is CC(C)CN1CN(C)C(=N)c2[nH]cnc21. The van der Waals surface area contributed by atoms with Gasteiger partial charge in [-0.25, -0.2) is 4.98 Å². The molecule has 0 fully saturated rings. The summed E-state index contributed by atoms with van der Waals surface area (Å²) in [6.07, 6.45) is 1.66. The van der Waals surface area contributed by atoms with E-state index in [1.807, 2.05) is 11.9 Å². The molecule has 0 atom stereocenters. The van der Waals surface area contributed by atoms with Crippen molar-refractivity contribution in [2.45, 2.75) is 13.8 Å². The monoisotopic (exact) mass is 207 g/mol. The van der Waals surface area contributed by atoms with Crippen LogP contribution < -0.4 is 4.90 Å². The lowest BCUT2D eigenvalue weighted by Gasteiger charge is -2.35. The van der Waals surface area contributed by atoms with Crippen molar-refractivity contribution < 1.29 is 0 Å². The van der Waals surface area contributed by atoms with Crippen LogP contribution in [0.4, 0.5) is 5.82 Å². The van der Waals surface area contributed by atoms with Crippen LogP contribution in [0.15, 0.2) is 6.33 Å². The largest absolute Gasteiger partial charge is 0.341 e. The van der Waals surface area contributed by atoms with Crippen LogP contribution in [-0.4, -0.2) is 41.0 Å². The molecule has 1 aromatic rings. The third-order valence-corrected chi connectivity index (χ3v) is 2.51. The first-order chi connectivity index (χ1) is 7.09. The van der Waals surface area contributed by atoms with E-state index in [1.165, 1.54) is 0 Å². The Morgan fingerprint density at radius 1 is 1.60 bits per heavy atom. The summed E-state index contributed by atoms with van der Waals surface area (Å²) < 4.78 is 0. The highest BCUT2D eigenvalue weighted by Gasteiger charge is 2.26. The third kappa shape index (κ3) is 1.69. The standard InChI is InChI=1S/C10H17N5/c1-7(2)4-15-6-14(3)9(11)8-10(15)13-5-12-8/h5,7,11H,4,6H2,1-3H3,(H,12,13). The van der Waals surface area contributed by atoms with E-state index in [-0.39, 0.29) is 0 Å². The number of fused-ring (bicyclic) bond motifs is 1. The average Bonchev–Trinajstić information content (AvgIpc) is 2.61. The van der Waals surface area contributed by atoms with Crippen LogP contribution in [-0.2, 0) is 0 Å². The first-order valence-corrected chi connectivity index (χ1v) is 5.18. The van der Waals surface area contributed by atoms with E-state index in [2.05, 4.69) is 28.7 Å². The number of nitrogens with one attached hydrogen (secondary N) is 2. The molecule has 0 saturated carbocycles. The zero-order chi connectivity index (χ0) is 11.0. The number of amidine groups is 1. The van der Waals surface area contributed by atoms with Gasteiger partial charge in [-0.3, -0.25) is 5.41 Å². The molecule has 5 nitrogen and oxygen atoms in total. The fourth-order valence-electron chi connectivity index (χ4n) is 1.87. The van der Waals surface area contributed by atoms with Gasteiger partial charge in [0.1, 0.15) is 11.5 Å². The highest BCUT2D eigenvalue weighted by Crippen LogP contribution is 2.23.